The van der Waals surface area contributed by atoms with E-state index < -0.39 is 0 Å². The summed E-state index contributed by atoms with van der Waals surface area (Å²) in [6.07, 6.45) is 5.20. The molecular formula is C19H16O3. The number of phenolic OH excluding ortho intramolecular Hbond substituents is 2. The third-order valence-corrected chi connectivity index (χ3v) is 3.71. The van der Waals surface area contributed by atoms with Gasteiger partial charge < -0.3 is 10.2 Å². The zero-order chi connectivity index (χ0) is 15.5. The summed E-state index contributed by atoms with van der Waals surface area (Å²) in [7, 11) is 0. The van der Waals surface area contributed by atoms with Gasteiger partial charge in [-0.3, -0.25) is 4.79 Å². The summed E-state index contributed by atoms with van der Waals surface area (Å²) in [5.41, 5.74) is 3.39. The van der Waals surface area contributed by atoms with Crippen molar-refractivity contribution in [1.82, 2.24) is 0 Å². The number of hydrogen-bond donors (Lipinski definition) is 2. The van der Waals surface area contributed by atoms with Crippen LogP contribution in [0.15, 0.2) is 59.7 Å². The number of ketones is 1. The summed E-state index contributed by atoms with van der Waals surface area (Å²) in [4.78, 5) is 12.4. The quantitative estimate of drug-likeness (QED) is 0.825. The SMILES string of the molecule is O=C1/C(=C/c2ccc(O)cc2)CC/C1=C\c1ccc(O)cc1. The van der Waals surface area contributed by atoms with Crippen LogP contribution in [-0.2, 0) is 4.79 Å². The maximum absolute atomic E-state index is 12.4. The molecule has 0 aromatic heterocycles. The minimum Gasteiger partial charge on any atom is -0.508 e. The van der Waals surface area contributed by atoms with Crippen molar-refractivity contribution in [2.24, 2.45) is 0 Å². The highest BCUT2D eigenvalue weighted by Gasteiger charge is 2.22. The van der Waals surface area contributed by atoms with E-state index in [1.54, 1.807) is 48.5 Å². The van der Waals surface area contributed by atoms with Gasteiger partial charge in [-0.25, -0.2) is 0 Å². The van der Waals surface area contributed by atoms with Crippen LogP contribution in [0.25, 0.3) is 12.2 Å². The average molecular weight is 292 g/mol. The molecule has 0 spiro atoms. The van der Waals surface area contributed by atoms with Crippen LogP contribution in [0.3, 0.4) is 0 Å². The molecule has 1 aliphatic carbocycles. The van der Waals surface area contributed by atoms with Gasteiger partial charge in [0.1, 0.15) is 11.5 Å². The van der Waals surface area contributed by atoms with Crippen molar-refractivity contribution in [3.63, 3.8) is 0 Å². The zero-order valence-electron chi connectivity index (χ0n) is 12.0. The van der Waals surface area contributed by atoms with E-state index in [1.807, 2.05) is 12.2 Å². The number of rotatable bonds is 2. The summed E-state index contributed by atoms with van der Waals surface area (Å²) in [5, 5.41) is 18.6. The molecule has 0 radical (unpaired) electrons. The molecule has 22 heavy (non-hydrogen) atoms. The number of benzene rings is 2. The molecule has 2 N–H and O–H groups in total. The first-order valence-corrected chi connectivity index (χ1v) is 7.16. The first-order chi connectivity index (χ1) is 10.6. The smallest absolute Gasteiger partial charge is 0.185 e. The number of Topliss-reactive ketones (excluding diaryl/α,β-unsaturated/α-hetero) is 1. The normalized spacial score (nSPS) is 18.3. The summed E-state index contributed by atoms with van der Waals surface area (Å²) >= 11 is 0. The van der Waals surface area contributed by atoms with Gasteiger partial charge in [0.05, 0.1) is 0 Å². The highest BCUT2D eigenvalue weighted by atomic mass is 16.3. The lowest BCUT2D eigenvalue weighted by Gasteiger charge is -1.98. The van der Waals surface area contributed by atoms with Gasteiger partial charge in [-0.05, 0) is 60.4 Å². The first-order valence-electron chi connectivity index (χ1n) is 7.16. The molecule has 110 valence electrons. The molecule has 3 nitrogen and oxygen atoms in total. The molecule has 2 aromatic rings. The molecule has 3 heteroatoms. The summed E-state index contributed by atoms with van der Waals surface area (Å²) in [5.74, 6) is 0.502. The van der Waals surface area contributed by atoms with E-state index >= 15 is 0 Å². The van der Waals surface area contributed by atoms with E-state index in [1.165, 1.54) is 0 Å². The highest BCUT2D eigenvalue weighted by Crippen LogP contribution is 2.30. The van der Waals surface area contributed by atoms with E-state index in [0.29, 0.717) is 0 Å². The van der Waals surface area contributed by atoms with Gasteiger partial charge in [-0.1, -0.05) is 24.3 Å². The molecule has 0 amide bonds. The Hall–Kier alpha value is -2.81. The van der Waals surface area contributed by atoms with E-state index in [0.717, 1.165) is 35.1 Å². The molecule has 0 aliphatic heterocycles. The second-order valence-corrected chi connectivity index (χ2v) is 5.35. The van der Waals surface area contributed by atoms with Gasteiger partial charge in [0.2, 0.25) is 0 Å². The summed E-state index contributed by atoms with van der Waals surface area (Å²) in [6.45, 7) is 0. The lowest BCUT2D eigenvalue weighted by molar-refractivity contribution is -0.111. The largest absolute Gasteiger partial charge is 0.508 e. The Morgan fingerprint density at radius 3 is 1.41 bits per heavy atom. The molecule has 0 bridgehead atoms. The Balaban J connectivity index is 1.82. The van der Waals surface area contributed by atoms with Crippen LogP contribution in [0.4, 0.5) is 0 Å². The first kappa shape index (κ1) is 14.1. The Bertz CT molecular complexity index is 685. The van der Waals surface area contributed by atoms with Crippen molar-refractivity contribution in [3.8, 4) is 11.5 Å². The molecule has 1 saturated carbocycles. The Kier molecular flexibility index (Phi) is 3.79. The number of phenols is 2. The standard InChI is InChI=1S/C19H16O3/c20-17-7-1-13(2-8-17)11-15-5-6-16(19(15)22)12-14-3-9-18(21)10-4-14/h1-4,7-12,20-21H,5-6H2/b15-11+,16-12+. The molecular weight excluding hydrogens is 276 g/mol. The van der Waals surface area contributed by atoms with Crippen molar-refractivity contribution in [1.29, 1.82) is 0 Å². The molecule has 1 aliphatic rings. The van der Waals surface area contributed by atoms with Crippen molar-refractivity contribution < 1.29 is 15.0 Å². The molecule has 1 fully saturated rings. The monoisotopic (exact) mass is 292 g/mol. The molecule has 3 rings (SSSR count). The number of allylic oxidation sites excluding steroid dienone is 2. The minimum absolute atomic E-state index is 0.0705. The number of aromatic hydroxyl groups is 2. The topological polar surface area (TPSA) is 57.5 Å². The fourth-order valence-corrected chi connectivity index (χ4v) is 2.52. The predicted octanol–water partition coefficient (Wildman–Crippen LogP) is 3.93. The average Bonchev–Trinajstić information content (AvgIpc) is 2.85. The predicted molar refractivity (Wildman–Crippen MR) is 86.4 cm³/mol. The van der Waals surface area contributed by atoms with Gasteiger partial charge in [0.15, 0.2) is 5.78 Å². The zero-order valence-corrected chi connectivity index (χ0v) is 12.0. The van der Waals surface area contributed by atoms with Gasteiger partial charge >= 0.3 is 0 Å². The molecule has 0 heterocycles. The number of carbonyl (C=O) groups is 1. The molecule has 0 saturated heterocycles. The second-order valence-electron chi connectivity index (χ2n) is 5.35. The van der Waals surface area contributed by atoms with Gasteiger partial charge in [0, 0.05) is 11.1 Å². The van der Waals surface area contributed by atoms with Crippen molar-refractivity contribution in [2.45, 2.75) is 12.8 Å². The van der Waals surface area contributed by atoms with Crippen molar-refractivity contribution in [2.75, 3.05) is 0 Å². The molecule has 0 atom stereocenters. The lowest BCUT2D eigenvalue weighted by Crippen LogP contribution is -1.95. The molecule has 2 aromatic carbocycles. The highest BCUT2D eigenvalue weighted by molar-refractivity contribution is 6.15. The van der Waals surface area contributed by atoms with E-state index in [4.69, 9.17) is 0 Å². The Morgan fingerprint density at radius 1 is 0.682 bits per heavy atom. The van der Waals surface area contributed by atoms with Crippen LogP contribution in [0, 0.1) is 0 Å². The number of hydrogen-bond acceptors (Lipinski definition) is 3. The Morgan fingerprint density at radius 2 is 1.05 bits per heavy atom. The van der Waals surface area contributed by atoms with E-state index in [-0.39, 0.29) is 17.3 Å². The van der Waals surface area contributed by atoms with Crippen molar-refractivity contribution >= 4 is 17.9 Å². The van der Waals surface area contributed by atoms with E-state index in [2.05, 4.69) is 0 Å². The van der Waals surface area contributed by atoms with Gasteiger partial charge in [0.25, 0.3) is 0 Å². The van der Waals surface area contributed by atoms with Crippen molar-refractivity contribution in [3.05, 3.63) is 70.8 Å². The van der Waals surface area contributed by atoms with Crippen LogP contribution >= 0.6 is 0 Å². The maximum Gasteiger partial charge on any atom is 0.185 e. The number of carbonyl (C=O) groups excluding carboxylic acids is 1. The second kappa shape index (κ2) is 5.90. The third-order valence-electron chi connectivity index (χ3n) is 3.71. The lowest BCUT2D eigenvalue weighted by atomic mass is 10.1. The maximum atomic E-state index is 12.4. The van der Waals surface area contributed by atoms with Gasteiger partial charge in [-0.15, -0.1) is 0 Å². The van der Waals surface area contributed by atoms with Crippen LogP contribution in [0.2, 0.25) is 0 Å². The summed E-state index contributed by atoms with van der Waals surface area (Å²) in [6, 6.07) is 13.6. The minimum atomic E-state index is 0.0705. The van der Waals surface area contributed by atoms with E-state index in [9.17, 15) is 15.0 Å². The van der Waals surface area contributed by atoms with Crippen LogP contribution in [0.5, 0.6) is 11.5 Å². The Labute approximate surface area is 128 Å². The third kappa shape index (κ3) is 3.09. The summed E-state index contributed by atoms with van der Waals surface area (Å²) < 4.78 is 0. The fourth-order valence-electron chi connectivity index (χ4n) is 2.52. The fraction of sp³-hybridized carbons (Fsp3) is 0.105. The van der Waals surface area contributed by atoms with Gasteiger partial charge in [-0.2, -0.15) is 0 Å². The van der Waals surface area contributed by atoms with Crippen LogP contribution in [0.1, 0.15) is 24.0 Å². The van der Waals surface area contributed by atoms with Crippen LogP contribution < -0.4 is 0 Å². The van der Waals surface area contributed by atoms with Crippen LogP contribution in [-0.4, -0.2) is 16.0 Å². The molecule has 0 unspecified atom stereocenters.